The van der Waals surface area contributed by atoms with E-state index in [1.165, 1.54) is 37.8 Å². The number of phenolic OH excluding ortho intramolecular Hbond substituents is 1. The number of hydrogen-bond acceptors (Lipinski definition) is 4. The molecule has 0 spiro atoms. The summed E-state index contributed by atoms with van der Waals surface area (Å²) >= 11 is 0. The Kier molecular flexibility index (Phi) is 4.99. The van der Waals surface area contributed by atoms with Gasteiger partial charge in [-0.1, -0.05) is 19.9 Å². The van der Waals surface area contributed by atoms with Gasteiger partial charge in [0.25, 0.3) is 0 Å². The molecular weight excluding hydrogens is 340 g/mol. The number of phenols is 1. The number of aliphatic hydroxyl groups excluding tert-OH is 1. The zero-order chi connectivity index (χ0) is 19.1. The number of aromatic nitrogens is 1. The number of fused-ring (bicyclic) bond motifs is 2. The van der Waals surface area contributed by atoms with Crippen molar-refractivity contribution in [1.82, 2.24) is 10.3 Å². The molecule has 0 bridgehead atoms. The number of rotatable bonds is 4. The summed E-state index contributed by atoms with van der Waals surface area (Å²) in [5, 5.41) is 25.0. The summed E-state index contributed by atoms with van der Waals surface area (Å²) in [6.45, 7) is 5.24. The first-order valence-corrected chi connectivity index (χ1v) is 10.2. The molecular formula is C22H30N2O3. The monoisotopic (exact) mass is 370 g/mol. The maximum atomic E-state index is 11.5. The van der Waals surface area contributed by atoms with Crippen molar-refractivity contribution in [2.24, 2.45) is 23.7 Å². The van der Waals surface area contributed by atoms with Crippen LogP contribution in [0.5, 0.6) is 5.75 Å². The molecule has 4 N–H and O–H groups in total. The molecule has 2 fully saturated rings. The molecule has 5 atom stereocenters. The van der Waals surface area contributed by atoms with E-state index in [1.807, 2.05) is 0 Å². The van der Waals surface area contributed by atoms with Crippen LogP contribution in [0, 0.1) is 23.7 Å². The van der Waals surface area contributed by atoms with Crippen LogP contribution < -0.4 is 10.9 Å². The lowest BCUT2D eigenvalue weighted by atomic mass is 9.71. The molecule has 0 saturated heterocycles. The fraction of sp³-hybridized carbons (Fsp3) is 0.591. The summed E-state index contributed by atoms with van der Waals surface area (Å²) < 4.78 is 0. The predicted octanol–water partition coefficient (Wildman–Crippen LogP) is 3.32. The van der Waals surface area contributed by atoms with Crippen LogP contribution in [0.2, 0.25) is 0 Å². The number of aliphatic hydroxyl groups is 1. The normalized spacial score (nSPS) is 31.7. The molecule has 0 amide bonds. The average Bonchev–Trinajstić information content (AvgIpc) is 3.02. The van der Waals surface area contributed by atoms with Gasteiger partial charge in [-0.2, -0.15) is 0 Å². The van der Waals surface area contributed by atoms with Gasteiger partial charge in [0, 0.05) is 24.0 Å². The standard InChI is InChI=1S/C22H30N2O3/c1-12-7-14-9-16(10-15(14)8-13(12)2)23-11-20(26)17-3-5-19(25)22-18(17)4-6-21(27)24-22/h3-6,12-16,20,23,25-26H,7-11H2,1-2H3,(H,24,27)/t12?,13?,14?,15?,16?,20-/m0/s1. The van der Waals surface area contributed by atoms with Crippen molar-refractivity contribution in [2.75, 3.05) is 6.54 Å². The van der Waals surface area contributed by atoms with E-state index in [1.54, 1.807) is 12.1 Å². The van der Waals surface area contributed by atoms with Crippen LogP contribution in [-0.4, -0.2) is 27.8 Å². The molecule has 4 rings (SSSR count). The third-order valence-corrected chi connectivity index (χ3v) is 7.03. The quantitative estimate of drug-likeness (QED) is 0.665. The van der Waals surface area contributed by atoms with Gasteiger partial charge in [0.05, 0.1) is 11.6 Å². The van der Waals surface area contributed by atoms with Gasteiger partial charge in [0.15, 0.2) is 0 Å². The molecule has 2 aromatic rings. The summed E-state index contributed by atoms with van der Waals surface area (Å²) in [4.78, 5) is 14.2. The smallest absolute Gasteiger partial charge is 0.248 e. The Balaban J connectivity index is 1.43. The van der Waals surface area contributed by atoms with E-state index in [9.17, 15) is 15.0 Å². The molecule has 146 valence electrons. The number of H-pyrrole nitrogens is 1. The van der Waals surface area contributed by atoms with Crippen molar-refractivity contribution in [2.45, 2.75) is 51.7 Å². The molecule has 1 aromatic heterocycles. The van der Waals surface area contributed by atoms with E-state index in [0.29, 0.717) is 23.5 Å². The number of pyridine rings is 1. The van der Waals surface area contributed by atoms with E-state index < -0.39 is 6.10 Å². The Labute approximate surface area is 159 Å². The Bertz CT molecular complexity index is 859. The largest absolute Gasteiger partial charge is 0.506 e. The number of aromatic amines is 1. The molecule has 27 heavy (non-hydrogen) atoms. The SMILES string of the molecule is CC1CC2CC(NC[C@H](O)c3ccc(O)c4[nH]c(=O)ccc34)CC2CC1C. The van der Waals surface area contributed by atoms with Crippen LogP contribution in [0.25, 0.3) is 10.9 Å². The second-order valence-corrected chi connectivity index (χ2v) is 8.82. The summed E-state index contributed by atoms with van der Waals surface area (Å²) in [6.07, 6.45) is 4.40. The van der Waals surface area contributed by atoms with Gasteiger partial charge in [0.2, 0.25) is 5.56 Å². The highest BCUT2D eigenvalue weighted by molar-refractivity contribution is 5.87. The summed E-state index contributed by atoms with van der Waals surface area (Å²) in [6, 6.07) is 6.83. The zero-order valence-corrected chi connectivity index (χ0v) is 16.1. The summed E-state index contributed by atoms with van der Waals surface area (Å²) in [5.74, 6) is 3.31. The lowest BCUT2D eigenvalue weighted by Gasteiger charge is -2.34. The van der Waals surface area contributed by atoms with E-state index in [2.05, 4.69) is 24.1 Å². The maximum Gasteiger partial charge on any atom is 0.248 e. The van der Waals surface area contributed by atoms with Crippen LogP contribution >= 0.6 is 0 Å². The highest BCUT2D eigenvalue weighted by atomic mass is 16.3. The van der Waals surface area contributed by atoms with Gasteiger partial charge in [0.1, 0.15) is 5.75 Å². The van der Waals surface area contributed by atoms with Crippen molar-refractivity contribution in [3.8, 4) is 5.75 Å². The molecule has 2 saturated carbocycles. The Morgan fingerprint density at radius 3 is 2.41 bits per heavy atom. The van der Waals surface area contributed by atoms with Crippen molar-refractivity contribution < 1.29 is 10.2 Å². The lowest BCUT2D eigenvalue weighted by molar-refractivity contribution is 0.157. The second-order valence-electron chi connectivity index (χ2n) is 8.82. The van der Waals surface area contributed by atoms with Crippen LogP contribution in [0.4, 0.5) is 0 Å². The predicted molar refractivity (Wildman–Crippen MR) is 107 cm³/mol. The highest BCUT2D eigenvalue weighted by Crippen LogP contribution is 2.46. The lowest BCUT2D eigenvalue weighted by Crippen LogP contribution is -2.31. The zero-order valence-electron chi connectivity index (χ0n) is 16.1. The molecule has 2 aliphatic rings. The molecule has 5 nitrogen and oxygen atoms in total. The van der Waals surface area contributed by atoms with Crippen LogP contribution in [-0.2, 0) is 0 Å². The van der Waals surface area contributed by atoms with Crippen LogP contribution in [0.1, 0.15) is 51.2 Å². The van der Waals surface area contributed by atoms with E-state index >= 15 is 0 Å². The first-order valence-electron chi connectivity index (χ1n) is 10.2. The molecule has 5 heteroatoms. The van der Waals surface area contributed by atoms with E-state index in [-0.39, 0.29) is 11.3 Å². The number of hydrogen-bond donors (Lipinski definition) is 4. The number of benzene rings is 1. The maximum absolute atomic E-state index is 11.5. The molecule has 2 aliphatic carbocycles. The minimum absolute atomic E-state index is 0.0229. The Hall–Kier alpha value is -1.85. The molecule has 1 aromatic carbocycles. The number of nitrogens with one attached hydrogen (secondary N) is 2. The Morgan fingerprint density at radius 1 is 1.07 bits per heavy atom. The molecule has 0 radical (unpaired) electrons. The molecule has 4 unspecified atom stereocenters. The van der Waals surface area contributed by atoms with Crippen molar-refractivity contribution >= 4 is 10.9 Å². The van der Waals surface area contributed by atoms with Gasteiger partial charge in [-0.25, -0.2) is 0 Å². The van der Waals surface area contributed by atoms with Crippen LogP contribution in [0.15, 0.2) is 29.1 Å². The van der Waals surface area contributed by atoms with E-state index in [4.69, 9.17) is 0 Å². The summed E-state index contributed by atoms with van der Waals surface area (Å²) in [7, 11) is 0. The fourth-order valence-electron chi connectivity index (χ4n) is 5.31. The minimum Gasteiger partial charge on any atom is -0.506 e. The summed E-state index contributed by atoms with van der Waals surface area (Å²) in [5.41, 5.74) is 0.845. The third-order valence-electron chi connectivity index (χ3n) is 7.03. The van der Waals surface area contributed by atoms with Crippen molar-refractivity contribution in [3.05, 3.63) is 40.2 Å². The first kappa shape index (κ1) is 18.5. The van der Waals surface area contributed by atoms with Gasteiger partial charge >= 0.3 is 0 Å². The topological polar surface area (TPSA) is 85.3 Å². The van der Waals surface area contributed by atoms with Gasteiger partial charge in [-0.3, -0.25) is 4.79 Å². The fourth-order valence-corrected chi connectivity index (χ4v) is 5.31. The average molecular weight is 370 g/mol. The number of aromatic hydroxyl groups is 1. The van der Waals surface area contributed by atoms with Gasteiger partial charge in [-0.15, -0.1) is 0 Å². The minimum atomic E-state index is -0.681. The van der Waals surface area contributed by atoms with E-state index in [0.717, 1.165) is 29.2 Å². The van der Waals surface area contributed by atoms with Crippen molar-refractivity contribution in [3.63, 3.8) is 0 Å². The van der Waals surface area contributed by atoms with Crippen LogP contribution in [0.3, 0.4) is 0 Å². The highest BCUT2D eigenvalue weighted by Gasteiger charge is 2.40. The molecule has 1 heterocycles. The second kappa shape index (κ2) is 7.28. The van der Waals surface area contributed by atoms with Crippen molar-refractivity contribution in [1.29, 1.82) is 0 Å². The molecule has 0 aliphatic heterocycles. The van der Waals surface area contributed by atoms with Gasteiger partial charge in [-0.05, 0) is 67.1 Å². The third kappa shape index (κ3) is 3.63. The van der Waals surface area contributed by atoms with Gasteiger partial charge < -0.3 is 20.5 Å². The Morgan fingerprint density at radius 2 is 1.74 bits per heavy atom. The first-order chi connectivity index (χ1) is 12.9.